The molecule has 2 N–H and O–H groups in total. The largest absolute Gasteiger partial charge is 0.357 e. The maximum Gasteiger partial charge on any atom is 0.253 e. The van der Waals surface area contributed by atoms with Crippen molar-refractivity contribution in [3.05, 3.63) is 35.4 Å². The Morgan fingerprint density at radius 2 is 1.73 bits per heavy atom. The second kappa shape index (κ2) is 11.3. The van der Waals surface area contributed by atoms with Crippen LogP contribution in [0.2, 0.25) is 0 Å². The number of amides is 1. The molecule has 0 radical (unpaired) electrons. The Bertz CT molecular complexity index is 686. The number of carbonyl (C=O) groups excluding carboxylic acids is 1. The van der Waals surface area contributed by atoms with Gasteiger partial charge in [-0.3, -0.25) is 4.79 Å². The van der Waals surface area contributed by atoms with Crippen LogP contribution in [0.25, 0.3) is 0 Å². The minimum absolute atomic E-state index is 0.160. The highest BCUT2D eigenvalue weighted by molar-refractivity contribution is 5.94. The van der Waals surface area contributed by atoms with Gasteiger partial charge < -0.3 is 20.4 Å². The smallest absolute Gasteiger partial charge is 0.253 e. The summed E-state index contributed by atoms with van der Waals surface area (Å²) in [6, 6.07) is 9.06. The van der Waals surface area contributed by atoms with Gasteiger partial charge in [-0.05, 0) is 70.6 Å². The van der Waals surface area contributed by atoms with Gasteiger partial charge in [0.25, 0.3) is 5.91 Å². The molecule has 6 nitrogen and oxygen atoms in total. The standard InChI is InChI=1S/C24H39N5O/c1-4-25-24(27-22-12-16-28(17-13-22)19(2)3)26-18-20-8-10-21(11-9-20)23(30)29-14-6-5-7-15-29/h8-11,19,22H,4-7,12-18H2,1-3H3,(H2,25,26,27). The molecule has 0 bridgehead atoms. The first kappa shape index (κ1) is 22.6. The first-order chi connectivity index (χ1) is 14.6. The van der Waals surface area contributed by atoms with Crippen LogP contribution in [0.1, 0.15) is 68.8 Å². The topological polar surface area (TPSA) is 60.0 Å². The van der Waals surface area contributed by atoms with Gasteiger partial charge in [0.1, 0.15) is 0 Å². The van der Waals surface area contributed by atoms with Crippen molar-refractivity contribution in [1.82, 2.24) is 20.4 Å². The van der Waals surface area contributed by atoms with Gasteiger partial charge in [-0.15, -0.1) is 0 Å². The van der Waals surface area contributed by atoms with E-state index in [1.54, 1.807) is 0 Å². The van der Waals surface area contributed by atoms with Gasteiger partial charge in [-0.25, -0.2) is 4.99 Å². The number of guanidine groups is 1. The summed E-state index contributed by atoms with van der Waals surface area (Å²) in [6.07, 6.45) is 5.77. The van der Waals surface area contributed by atoms with Gasteiger partial charge in [0.05, 0.1) is 6.54 Å². The molecule has 1 aromatic carbocycles. The molecule has 6 heteroatoms. The fourth-order valence-electron chi connectivity index (χ4n) is 4.28. The highest BCUT2D eigenvalue weighted by Crippen LogP contribution is 2.15. The third kappa shape index (κ3) is 6.46. The van der Waals surface area contributed by atoms with Crippen molar-refractivity contribution in [3.8, 4) is 0 Å². The van der Waals surface area contributed by atoms with Gasteiger partial charge in [0, 0.05) is 50.4 Å². The Labute approximate surface area is 182 Å². The number of likely N-dealkylation sites (tertiary alicyclic amines) is 2. The van der Waals surface area contributed by atoms with Gasteiger partial charge in [0.2, 0.25) is 0 Å². The van der Waals surface area contributed by atoms with E-state index in [1.165, 1.54) is 6.42 Å². The fraction of sp³-hybridized carbons (Fsp3) is 0.667. The number of piperidine rings is 2. The zero-order valence-electron chi connectivity index (χ0n) is 19.0. The predicted octanol–water partition coefficient (Wildman–Crippen LogP) is 3.24. The Balaban J connectivity index is 1.53. The van der Waals surface area contributed by atoms with Gasteiger partial charge in [-0.1, -0.05) is 12.1 Å². The van der Waals surface area contributed by atoms with Crippen LogP contribution in [-0.4, -0.2) is 66.5 Å². The number of benzene rings is 1. The number of carbonyl (C=O) groups is 1. The summed E-state index contributed by atoms with van der Waals surface area (Å²) < 4.78 is 0. The van der Waals surface area contributed by atoms with Crippen LogP contribution in [0.15, 0.2) is 29.3 Å². The predicted molar refractivity (Wildman–Crippen MR) is 124 cm³/mol. The lowest BCUT2D eigenvalue weighted by atomic mass is 10.0. The average Bonchev–Trinajstić information content (AvgIpc) is 2.78. The third-order valence-electron chi connectivity index (χ3n) is 6.21. The molecular formula is C24H39N5O. The Hall–Kier alpha value is -2.08. The van der Waals surface area contributed by atoms with Crippen molar-refractivity contribution >= 4 is 11.9 Å². The normalized spacial score (nSPS) is 19.2. The van der Waals surface area contributed by atoms with Crippen molar-refractivity contribution in [3.63, 3.8) is 0 Å². The quantitative estimate of drug-likeness (QED) is 0.555. The first-order valence-corrected chi connectivity index (χ1v) is 11.7. The first-order valence-electron chi connectivity index (χ1n) is 11.7. The van der Waals surface area contributed by atoms with Crippen molar-refractivity contribution in [2.24, 2.45) is 4.99 Å². The lowest BCUT2D eigenvalue weighted by Crippen LogP contribution is -2.49. The van der Waals surface area contributed by atoms with Gasteiger partial charge in [-0.2, -0.15) is 0 Å². The SMILES string of the molecule is CCNC(=NCc1ccc(C(=O)N2CCCCC2)cc1)NC1CCN(C(C)C)CC1. The summed E-state index contributed by atoms with van der Waals surface area (Å²) in [6.45, 7) is 12.1. The minimum Gasteiger partial charge on any atom is -0.357 e. The zero-order chi connectivity index (χ0) is 21.3. The molecule has 1 aromatic rings. The van der Waals surface area contributed by atoms with E-state index in [4.69, 9.17) is 4.99 Å². The molecule has 30 heavy (non-hydrogen) atoms. The molecule has 2 heterocycles. The summed E-state index contributed by atoms with van der Waals surface area (Å²) in [4.78, 5) is 21.9. The summed E-state index contributed by atoms with van der Waals surface area (Å²) in [5.74, 6) is 1.04. The molecule has 0 saturated carbocycles. The average molecular weight is 414 g/mol. The lowest BCUT2D eigenvalue weighted by Gasteiger charge is -2.35. The Morgan fingerprint density at radius 1 is 1.07 bits per heavy atom. The van der Waals surface area contributed by atoms with Crippen LogP contribution in [0.3, 0.4) is 0 Å². The number of hydrogen-bond acceptors (Lipinski definition) is 3. The monoisotopic (exact) mass is 413 g/mol. The van der Waals surface area contributed by atoms with Crippen molar-refractivity contribution < 1.29 is 4.79 Å². The Morgan fingerprint density at radius 3 is 2.33 bits per heavy atom. The second-order valence-electron chi connectivity index (χ2n) is 8.79. The zero-order valence-corrected chi connectivity index (χ0v) is 19.0. The van der Waals surface area contributed by atoms with Gasteiger partial charge >= 0.3 is 0 Å². The summed E-state index contributed by atoms with van der Waals surface area (Å²) >= 11 is 0. The van der Waals surface area contributed by atoms with Crippen molar-refractivity contribution in [2.45, 2.75) is 71.5 Å². The van der Waals surface area contributed by atoms with E-state index in [0.29, 0.717) is 18.6 Å². The molecule has 2 aliphatic rings. The van der Waals surface area contributed by atoms with E-state index in [2.05, 4.69) is 36.3 Å². The summed E-state index contributed by atoms with van der Waals surface area (Å²) in [5, 5.41) is 6.98. The van der Waals surface area contributed by atoms with E-state index in [1.807, 2.05) is 29.2 Å². The number of hydrogen-bond donors (Lipinski definition) is 2. The maximum absolute atomic E-state index is 12.6. The molecule has 0 atom stereocenters. The van der Waals surface area contributed by atoms with E-state index in [0.717, 1.165) is 75.5 Å². The number of aliphatic imine (C=N–C) groups is 1. The van der Waals surface area contributed by atoms with Crippen molar-refractivity contribution in [1.29, 1.82) is 0 Å². The van der Waals surface area contributed by atoms with Crippen LogP contribution in [-0.2, 0) is 6.54 Å². The Kier molecular flexibility index (Phi) is 8.55. The van der Waals surface area contributed by atoms with Crippen LogP contribution in [0.4, 0.5) is 0 Å². The molecule has 0 spiro atoms. The molecule has 2 aliphatic heterocycles. The number of nitrogens with zero attached hydrogens (tertiary/aromatic N) is 3. The van der Waals surface area contributed by atoms with E-state index in [9.17, 15) is 4.79 Å². The van der Waals surface area contributed by atoms with Crippen LogP contribution < -0.4 is 10.6 Å². The highest BCUT2D eigenvalue weighted by atomic mass is 16.2. The van der Waals surface area contributed by atoms with Gasteiger partial charge in [0.15, 0.2) is 5.96 Å². The second-order valence-corrected chi connectivity index (χ2v) is 8.79. The molecule has 166 valence electrons. The van der Waals surface area contributed by atoms with Crippen LogP contribution in [0, 0.1) is 0 Å². The maximum atomic E-state index is 12.6. The fourth-order valence-corrected chi connectivity index (χ4v) is 4.28. The number of rotatable bonds is 6. The molecule has 3 rings (SSSR count). The lowest BCUT2D eigenvalue weighted by molar-refractivity contribution is 0.0724. The summed E-state index contributed by atoms with van der Waals surface area (Å²) in [5.41, 5.74) is 1.91. The molecule has 0 unspecified atom stereocenters. The molecule has 1 amide bonds. The van der Waals surface area contributed by atoms with E-state index >= 15 is 0 Å². The summed E-state index contributed by atoms with van der Waals surface area (Å²) in [7, 11) is 0. The molecule has 2 fully saturated rings. The molecule has 2 saturated heterocycles. The number of nitrogens with one attached hydrogen (secondary N) is 2. The molecule has 0 aromatic heterocycles. The third-order valence-corrected chi connectivity index (χ3v) is 6.21. The highest BCUT2D eigenvalue weighted by Gasteiger charge is 2.21. The molecule has 0 aliphatic carbocycles. The molecular weight excluding hydrogens is 374 g/mol. The van der Waals surface area contributed by atoms with E-state index in [-0.39, 0.29) is 5.91 Å². The van der Waals surface area contributed by atoms with Crippen molar-refractivity contribution in [2.75, 3.05) is 32.7 Å². The van der Waals surface area contributed by atoms with E-state index < -0.39 is 0 Å². The van der Waals surface area contributed by atoms with Crippen LogP contribution in [0.5, 0.6) is 0 Å². The van der Waals surface area contributed by atoms with Crippen LogP contribution >= 0.6 is 0 Å². The minimum atomic E-state index is 0.160.